The van der Waals surface area contributed by atoms with Crippen LogP contribution in [0, 0.1) is 0 Å². The molecule has 0 radical (unpaired) electrons. The number of benzene rings is 14. The van der Waals surface area contributed by atoms with Gasteiger partial charge in [-0.05, 0) is 133 Å². The molecule has 14 aromatic carbocycles. The topological polar surface area (TPSA) is 19.7 Å². The molecule has 0 atom stereocenters. The lowest BCUT2D eigenvalue weighted by atomic mass is 10.1. The maximum Gasteiger partial charge on any atom is 0.0541 e. The molecular formula is C84H52N4S3. The van der Waals surface area contributed by atoms with Crippen molar-refractivity contribution in [3.63, 3.8) is 0 Å². The molecule has 0 saturated carbocycles. The van der Waals surface area contributed by atoms with E-state index < -0.39 is 10.0 Å². The highest BCUT2D eigenvalue weighted by atomic mass is 32.3. The Morgan fingerprint density at radius 3 is 0.725 bits per heavy atom. The number of para-hydroxylation sites is 8. The van der Waals surface area contributed by atoms with Crippen LogP contribution in [0.1, 0.15) is 0 Å². The fraction of sp³-hybridized carbons (Fsp3) is 0. The van der Waals surface area contributed by atoms with Gasteiger partial charge in [0.25, 0.3) is 0 Å². The minimum absolute atomic E-state index is 1.13. The summed E-state index contributed by atoms with van der Waals surface area (Å²) < 4.78 is 15.1. The summed E-state index contributed by atoms with van der Waals surface area (Å²) in [6, 6.07) is 119. The van der Waals surface area contributed by atoms with Gasteiger partial charge in [0, 0.05) is 126 Å². The van der Waals surface area contributed by atoms with Crippen LogP contribution in [0.3, 0.4) is 0 Å². The third-order valence-corrected chi connectivity index (χ3v) is 25.8. The first-order valence-corrected chi connectivity index (χ1v) is 34.3. The maximum atomic E-state index is 2.62. The van der Waals surface area contributed by atoms with Crippen molar-refractivity contribution in [3.8, 4) is 22.7 Å². The van der Waals surface area contributed by atoms with Gasteiger partial charge in [-0.1, -0.05) is 182 Å². The number of aromatic nitrogens is 4. The molecular weight excluding hydrogens is 1160 g/mol. The van der Waals surface area contributed by atoms with E-state index in [2.05, 4.69) is 334 Å². The monoisotopic (exact) mass is 1210 g/mol. The van der Waals surface area contributed by atoms with Crippen LogP contribution in [0.5, 0.6) is 0 Å². The van der Waals surface area contributed by atoms with Crippen LogP contribution in [0.4, 0.5) is 0 Å². The number of rotatable bonds is 8. The molecule has 7 heteroatoms. The van der Waals surface area contributed by atoms with Crippen LogP contribution in [0.15, 0.2) is 335 Å². The quantitative estimate of drug-likeness (QED) is 0.144. The SMILES string of the molecule is c1ccc(S(c2ccccc2)(c2cc(-n3c4ccccc4c4ccccc43)cc3c2sc2ccc(-n4c5ccccc5c5ccccc54)cc23)c2cc(-n3c4ccccc4c4ccccc43)cc3c2sc2ccc(-n4c5ccccc5c5ccccc54)cc23)cc1. The van der Waals surface area contributed by atoms with E-state index in [0.717, 1.165) is 22.7 Å². The van der Waals surface area contributed by atoms with E-state index in [1.54, 1.807) is 0 Å². The van der Waals surface area contributed by atoms with Crippen LogP contribution >= 0.6 is 32.7 Å². The Morgan fingerprint density at radius 2 is 0.440 bits per heavy atom. The fourth-order valence-corrected chi connectivity index (χ4v) is 22.6. The Balaban J connectivity index is 0.971. The first kappa shape index (κ1) is 51.0. The molecule has 0 bridgehead atoms. The van der Waals surface area contributed by atoms with Gasteiger partial charge in [0.2, 0.25) is 0 Å². The number of hydrogen-bond acceptors (Lipinski definition) is 2. The standard InChI is InChI=1S/C84H52N4S3/c1-3-23-57(24-4-1)91(58-25-5-2-6-26-58,81-51-55(87-75-39-19-11-31-63(75)64-32-12-20-40-76(64)87)49-69-67-47-53(43-45-79(67)89-83(69)81)85-71-35-15-7-27-59(71)60-28-8-16-36-72(60)85)82-52-56(88-77-41-21-13-33-65(77)66-34-14-22-42-78(66)88)50-70-68-48-54(44-46-80(68)90-84(70)82)86-73-37-17-9-29-61(73)62-30-10-18-38-74(62)86/h1-52H. The molecule has 6 aromatic heterocycles. The summed E-state index contributed by atoms with van der Waals surface area (Å²) in [5.41, 5.74) is 14.1. The second-order valence-corrected chi connectivity index (χ2v) is 29.1. The Bertz CT molecular complexity index is 5810. The third-order valence-electron chi connectivity index (χ3n) is 19.2. The molecule has 0 spiro atoms. The van der Waals surface area contributed by atoms with Gasteiger partial charge in [-0.25, -0.2) is 0 Å². The number of fused-ring (bicyclic) bond motifs is 18. The summed E-state index contributed by atoms with van der Waals surface area (Å²) in [5.74, 6) is 0. The highest BCUT2D eigenvalue weighted by Crippen LogP contribution is 2.77. The zero-order valence-corrected chi connectivity index (χ0v) is 51.5. The molecule has 0 aliphatic heterocycles. The average Bonchev–Trinajstić information content (AvgIpc) is 1.69. The van der Waals surface area contributed by atoms with Crippen molar-refractivity contribution < 1.29 is 0 Å². The number of hydrogen-bond donors (Lipinski definition) is 0. The van der Waals surface area contributed by atoms with Gasteiger partial charge in [-0.2, -0.15) is 0 Å². The summed E-state index contributed by atoms with van der Waals surface area (Å²) in [6.45, 7) is 0. The summed E-state index contributed by atoms with van der Waals surface area (Å²) in [4.78, 5) is 5.16. The lowest BCUT2D eigenvalue weighted by Gasteiger charge is -2.43. The van der Waals surface area contributed by atoms with Crippen molar-refractivity contribution in [1.82, 2.24) is 18.3 Å². The fourth-order valence-electron chi connectivity index (χ4n) is 15.4. The van der Waals surface area contributed by atoms with E-state index in [4.69, 9.17) is 0 Å². The van der Waals surface area contributed by atoms with Crippen LogP contribution in [-0.4, -0.2) is 18.3 Å². The number of thiophene rings is 2. The number of nitrogens with zero attached hydrogens (tertiary/aromatic N) is 4. The predicted molar refractivity (Wildman–Crippen MR) is 390 cm³/mol. The Labute approximate surface area is 532 Å². The van der Waals surface area contributed by atoms with Crippen LogP contribution in [0.25, 0.3) is 150 Å². The highest BCUT2D eigenvalue weighted by molar-refractivity contribution is 8.34. The normalized spacial score (nSPS) is 12.6. The van der Waals surface area contributed by atoms with Crippen molar-refractivity contribution in [2.24, 2.45) is 0 Å². The van der Waals surface area contributed by atoms with Crippen molar-refractivity contribution >= 4 is 160 Å². The molecule has 0 aliphatic carbocycles. The molecule has 0 N–H and O–H groups in total. The molecule has 426 valence electrons. The molecule has 0 saturated heterocycles. The lowest BCUT2D eigenvalue weighted by Crippen LogP contribution is -2.08. The second kappa shape index (κ2) is 19.5. The predicted octanol–water partition coefficient (Wildman–Crippen LogP) is 24.2. The van der Waals surface area contributed by atoms with Crippen molar-refractivity contribution in [2.45, 2.75) is 19.6 Å². The van der Waals surface area contributed by atoms with E-state index in [1.807, 2.05) is 22.7 Å². The molecule has 4 nitrogen and oxygen atoms in total. The summed E-state index contributed by atoms with van der Waals surface area (Å²) in [5, 5.41) is 14.9. The van der Waals surface area contributed by atoms with Crippen molar-refractivity contribution in [3.05, 3.63) is 315 Å². The van der Waals surface area contributed by atoms with Gasteiger partial charge in [0.1, 0.15) is 0 Å². The third kappa shape index (κ3) is 7.22. The minimum Gasteiger partial charge on any atom is -0.309 e. The lowest BCUT2D eigenvalue weighted by molar-refractivity contribution is 1.16. The van der Waals surface area contributed by atoms with E-state index in [0.29, 0.717) is 0 Å². The molecule has 20 rings (SSSR count). The van der Waals surface area contributed by atoms with Crippen molar-refractivity contribution in [2.75, 3.05) is 0 Å². The van der Waals surface area contributed by atoms with Gasteiger partial charge in [0.05, 0.1) is 44.1 Å². The summed E-state index contributed by atoms with van der Waals surface area (Å²) in [6.07, 6.45) is 0. The van der Waals surface area contributed by atoms with Gasteiger partial charge >= 0.3 is 0 Å². The van der Waals surface area contributed by atoms with Crippen molar-refractivity contribution in [1.29, 1.82) is 0 Å². The molecule has 0 fully saturated rings. The first-order chi connectivity index (χ1) is 45.2. The molecule has 0 aliphatic rings. The van der Waals surface area contributed by atoms with Gasteiger partial charge in [-0.15, -0.1) is 32.7 Å². The van der Waals surface area contributed by atoms with Crippen LogP contribution < -0.4 is 0 Å². The molecule has 20 aromatic rings. The summed E-state index contributed by atoms with van der Waals surface area (Å²) >= 11 is 3.88. The van der Waals surface area contributed by atoms with E-state index >= 15 is 0 Å². The van der Waals surface area contributed by atoms with E-state index in [-0.39, 0.29) is 0 Å². The zero-order chi connectivity index (χ0) is 59.5. The van der Waals surface area contributed by atoms with Gasteiger partial charge in [-0.3, -0.25) is 0 Å². The Hall–Kier alpha value is -10.9. The first-order valence-electron chi connectivity index (χ1n) is 31.0. The van der Waals surface area contributed by atoms with Gasteiger partial charge in [0.15, 0.2) is 0 Å². The Morgan fingerprint density at radius 1 is 0.198 bits per heavy atom. The second-order valence-electron chi connectivity index (χ2n) is 23.9. The summed E-state index contributed by atoms with van der Waals surface area (Å²) in [7, 11) is -2.54. The van der Waals surface area contributed by atoms with E-state index in [9.17, 15) is 0 Å². The average molecular weight is 1210 g/mol. The largest absolute Gasteiger partial charge is 0.309 e. The zero-order valence-electron chi connectivity index (χ0n) is 49.0. The maximum absolute atomic E-state index is 2.62. The molecule has 91 heavy (non-hydrogen) atoms. The Kier molecular flexibility index (Phi) is 10.9. The van der Waals surface area contributed by atoms with Gasteiger partial charge < -0.3 is 18.3 Å². The molecule has 0 unspecified atom stereocenters. The molecule has 6 heterocycles. The van der Waals surface area contributed by atoms with Crippen LogP contribution in [0.2, 0.25) is 0 Å². The smallest absolute Gasteiger partial charge is 0.0541 e. The highest BCUT2D eigenvalue weighted by Gasteiger charge is 2.39. The van der Waals surface area contributed by atoms with E-state index in [1.165, 1.54) is 147 Å². The van der Waals surface area contributed by atoms with Crippen LogP contribution in [-0.2, 0) is 0 Å². The molecule has 0 amide bonds. The minimum atomic E-state index is -2.54.